The summed E-state index contributed by atoms with van der Waals surface area (Å²) in [7, 11) is 3.75. The highest BCUT2D eigenvalue weighted by atomic mass is 35.5. The van der Waals surface area contributed by atoms with Crippen molar-refractivity contribution in [3.05, 3.63) is 57.4 Å². The van der Waals surface area contributed by atoms with Gasteiger partial charge in [-0.3, -0.25) is 9.69 Å². The zero-order valence-electron chi connectivity index (χ0n) is 14.5. The van der Waals surface area contributed by atoms with E-state index >= 15 is 0 Å². The van der Waals surface area contributed by atoms with Gasteiger partial charge in [0.25, 0.3) is 0 Å². The minimum Gasteiger partial charge on any atom is -0.459 e. The Morgan fingerprint density at radius 1 is 1.24 bits per heavy atom. The van der Waals surface area contributed by atoms with Gasteiger partial charge in [0.05, 0.1) is 23.5 Å². The van der Waals surface area contributed by atoms with Gasteiger partial charge in [0.1, 0.15) is 11.3 Å². The zero-order chi connectivity index (χ0) is 18.0. The summed E-state index contributed by atoms with van der Waals surface area (Å²) in [5, 5.41) is 1.08. The molecule has 1 atom stereocenters. The normalized spacial score (nSPS) is 12.7. The summed E-state index contributed by atoms with van der Waals surface area (Å²) < 4.78 is 6.65. The number of rotatable bonds is 6. The molecule has 3 aromatic rings. The van der Waals surface area contributed by atoms with Crippen LogP contribution in [0, 0.1) is 0 Å². The Kier molecular flexibility index (Phi) is 5.47. The first-order valence-electron chi connectivity index (χ1n) is 8.11. The maximum Gasteiger partial charge on any atom is 0.236 e. The second-order valence-electron chi connectivity index (χ2n) is 6.23. The van der Waals surface area contributed by atoms with Crippen molar-refractivity contribution in [2.24, 2.45) is 0 Å². The van der Waals surface area contributed by atoms with E-state index < -0.39 is 0 Å². The van der Waals surface area contributed by atoms with Crippen molar-refractivity contribution in [1.29, 1.82) is 0 Å². The number of halogens is 1. The molecule has 0 spiro atoms. The van der Waals surface area contributed by atoms with E-state index in [1.54, 1.807) is 4.90 Å². The highest BCUT2D eigenvalue weighted by Crippen LogP contribution is 2.27. The molecule has 0 aliphatic heterocycles. The van der Waals surface area contributed by atoms with Crippen LogP contribution in [0.1, 0.15) is 23.6 Å². The number of fused-ring (bicyclic) bond motifs is 1. The monoisotopic (exact) mass is 376 g/mol. The largest absolute Gasteiger partial charge is 0.459 e. The van der Waals surface area contributed by atoms with E-state index in [1.807, 2.05) is 68.4 Å². The molecule has 0 N–H and O–H groups in total. The molecule has 1 amide bonds. The molecule has 132 valence electrons. The number of carbonyl (C=O) groups is 1. The first-order valence-corrected chi connectivity index (χ1v) is 9.30. The Hall–Kier alpha value is -1.82. The number of furan rings is 1. The number of nitrogens with zero attached hydrogens (tertiary/aromatic N) is 2. The smallest absolute Gasteiger partial charge is 0.236 e. The molecule has 0 radical (unpaired) electrons. The molecule has 0 saturated heterocycles. The van der Waals surface area contributed by atoms with Crippen molar-refractivity contribution in [3.8, 4) is 0 Å². The molecule has 4 nitrogen and oxygen atoms in total. The number of thiophene rings is 1. The quantitative estimate of drug-likeness (QED) is 0.620. The van der Waals surface area contributed by atoms with Crippen LogP contribution in [-0.4, -0.2) is 36.3 Å². The molecule has 3 rings (SSSR count). The van der Waals surface area contributed by atoms with E-state index in [-0.39, 0.29) is 11.9 Å². The molecule has 0 fully saturated rings. The standard InChI is InChI=1S/C19H21ClN2O2S/c1-13(17-10-14-6-4-5-7-16(14)24-17)21(2)12-19(23)22(3)11-15-8-9-18(20)25-15/h4-10,13H,11-12H2,1-3H3. The number of para-hydroxylation sites is 1. The van der Waals surface area contributed by atoms with E-state index in [1.165, 1.54) is 11.3 Å². The van der Waals surface area contributed by atoms with Crippen LogP contribution in [0.25, 0.3) is 11.0 Å². The maximum atomic E-state index is 12.5. The molecule has 2 aromatic heterocycles. The van der Waals surface area contributed by atoms with Crippen LogP contribution < -0.4 is 0 Å². The van der Waals surface area contributed by atoms with Crippen molar-refractivity contribution in [2.75, 3.05) is 20.6 Å². The van der Waals surface area contributed by atoms with Crippen LogP contribution in [0.2, 0.25) is 4.34 Å². The minimum atomic E-state index is 0.0148. The van der Waals surface area contributed by atoms with Gasteiger partial charge in [-0.15, -0.1) is 11.3 Å². The summed E-state index contributed by atoms with van der Waals surface area (Å²) in [6, 6.07) is 13.8. The lowest BCUT2D eigenvalue weighted by molar-refractivity contribution is -0.131. The molecule has 0 aliphatic carbocycles. The molecule has 0 saturated carbocycles. The number of likely N-dealkylation sites (N-methyl/N-ethyl adjacent to an activating group) is 2. The van der Waals surface area contributed by atoms with Crippen LogP contribution in [-0.2, 0) is 11.3 Å². The average molecular weight is 377 g/mol. The summed E-state index contributed by atoms with van der Waals surface area (Å²) in [6.07, 6.45) is 0. The van der Waals surface area contributed by atoms with Crippen molar-refractivity contribution in [3.63, 3.8) is 0 Å². The van der Waals surface area contributed by atoms with Crippen molar-refractivity contribution in [1.82, 2.24) is 9.80 Å². The van der Waals surface area contributed by atoms with E-state index in [0.717, 1.165) is 25.9 Å². The number of carbonyl (C=O) groups excluding carboxylic acids is 1. The number of amides is 1. The third-order valence-electron chi connectivity index (χ3n) is 4.35. The topological polar surface area (TPSA) is 36.7 Å². The van der Waals surface area contributed by atoms with E-state index in [0.29, 0.717) is 13.1 Å². The first-order chi connectivity index (χ1) is 11.9. The highest BCUT2D eigenvalue weighted by molar-refractivity contribution is 7.16. The van der Waals surface area contributed by atoms with Crippen LogP contribution in [0.15, 0.2) is 46.9 Å². The Bertz CT molecular complexity index is 840. The van der Waals surface area contributed by atoms with Gasteiger partial charge in [-0.2, -0.15) is 0 Å². The third kappa shape index (κ3) is 4.24. The highest BCUT2D eigenvalue weighted by Gasteiger charge is 2.20. The van der Waals surface area contributed by atoms with Crippen molar-refractivity contribution < 1.29 is 9.21 Å². The molecule has 2 heterocycles. The molecule has 0 bridgehead atoms. The predicted octanol–water partition coefficient (Wildman–Crippen LogP) is 4.80. The molecule has 25 heavy (non-hydrogen) atoms. The lowest BCUT2D eigenvalue weighted by Crippen LogP contribution is -2.37. The molecule has 1 aromatic carbocycles. The fraction of sp³-hybridized carbons (Fsp3) is 0.316. The molecule has 6 heteroatoms. The van der Waals surface area contributed by atoms with Gasteiger partial charge in [-0.25, -0.2) is 0 Å². The summed E-state index contributed by atoms with van der Waals surface area (Å²) in [5.41, 5.74) is 0.871. The molecular formula is C19H21ClN2O2S. The van der Waals surface area contributed by atoms with Crippen molar-refractivity contribution >= 4 is 39.8 Å². The van der Waals surface area contributed by atoms with Crippen LogP contribution in [0.5, 0.6) is 0 Å². The van der Waals surface area contributed by atoms with Gasteiger partial charge in [0, 0.05) is 17.3 Å². The van der Waals surface area contributed by atoms with Gasteiger partial charge in [0.2, 0.25) is 5.91 Å². The van der Waals surface area contributed by atoms with Gasteiger partial charge >= 0.3 is 0 Å². The van der Waals surface area contributed by atoms with Gasteiger partial charge in [-0.05, 0) is 38.2 Å². The van der Waals surface area contributed by atoms with Crippen LogP contribution in [0.4, 0.5) is 0 Å². The lowest BCUT2D eigenvalue weighted by atomic mass is 10.2. The third-order valence-corrected chi connectivity index (χ3v) is 5.57. The summed E-state index contributed by atoms with van der Waals surface area (Å²) >= 11 is 7.45. The van der Waals surface area contributed by atoms with Crippen molar-refractivity contribution in [2.45, 2.75) is 19.5 Å². The van der Waals surface area contributed by atoms with E-state index in [2.05, 4.69) is 0 Å². The molecule has 1 unspecified atom stereocenters. The molecule has 0 aliphatic rings. The Morgan fingerprint density at radius 3 is 2.68 bits per heavy atom. The number of hydrogen-bond donors (Lipinski definition) is 0. The Morgan fingerprint density at radius 2 is 2.00 bits per heavy atom. The maximum absolute atomic E-state index is 12.5. The lowest BCUT2D eigenvalue weighted by Gasteiger charge is -2.25. The molecular weight excluding hydrogens is 356 g/mol. The Balaban J connectivity index is 1.61. The second-order valence-corrected chi connectivity index (χ2v) is 8.03. The van der Waals surface area contributed by atoms with Crippen LogP contribution in [0.3, 0.4) is 0 Å². The fourth-order valence-electron chi connectivity index (χ4n) is 2.66. The fourth-order valence-corrected chi connectivity index (χ4v) is 3.80. The van der Waals surface area contributed by atoms with E-state index in [4.69, 9.17) is 16.0 Å². The summed E-state index contributed by atoms with van der Waals surface area (Å²) in [6.45, 7) is 2.95. The van der Waals surface area contributed by atoms with E-state index in [9.17, 15) is 4.79 Å². The first kappa shape index (κ1) is 18.0. The van der Waals surface area contributed by atoms with Gasteiger partial charge in [0.15, 0.2) is 0 Å². The van der Waals surface area contributed by atoms with Crippen LogP contribution >= 0.6 is 22.9 Å². The number of benzene rings is 1. The van der Waals surface area contributed by atoms with Gasteiger partial charge in [-0.1, -0.05) is 29.8 Å². The van der Waals surface area contributed by atoms with Gasteiger partial charge < -0.3 is 9.32 Å². The average Bonchev–Trinajstić information content (AvgIpc) is 3.19. The summed E-state index contributed by atoms with van der Waals surface area (Å²) in [4.78, 5) is 17.3. The predicted molar refractivity (Wildman–Crippen MR) is 103 cm³/mol. The SMILES string of the molecule is CC(c1cc2ccccc2o1)N(C)CC(=O)N(C)Cc1ccc(Cl)s1. The Labute approximate surface area is 156 Å². The number of hydrogen-bond acceptors (Lipinski definition) is 4. The summed E-state index contributed by atoms with van der Waals surface area (Å²) in [5.74, 6) is 0.930. The minimum absolute atomic E-state index is 0.0148. The zero-order valence-corrected chi connectivity index (χ0v) is 16.1. The second kappa shape index (κ2) is 7.60.